The van der Waals surface area contributed by atoms with Crippen LogP contribution in [0.1, 0.15) is 42.6 Å². The number of rotatable bonds is 4. The first-order valence-corrected chi connectivity index (χ1v) is 8.15. The minimum absolute atomic E-state index is 0.0187. The maximum absolute atomic E-state index is 12.5. The van der Waals surface area contributed by atoms with Crippen molar-refractivity contribution in [2.45, 2.75) is 38.1 Å². The predicted octanol–water partition coefficient (Wildman–Crippen LogP) is 1.94. The van der Waals surface area contributed by atoms with Crippen molar-refractivity contribution in [2.75, 3.05) is 6.61 Å². The van der Waals surface area contributed by atoms with Crippen LogP contribution in [0.25, 0.3) is 5.69 Å². The summed E-state index contributed by atoms with van der Waals surface area (Å²) in [5.41, 5.74) is 1.17. The van der Waals surface area contributed by atoms with E-state index in [9.17, 15) is 9.90 Å². The number of amides is 1. The van der Waals surface area contributed by atoms with Crippen molar-refractivity contribution in [3.05, 3.63) is 42.5 Å². The van der Waals surface area contributed by atoms with Crippen LogP contribution in [0.15, 0.2) is 36.8 Å². The second-order valence-electron chi connectivity index (χ2n) is 6.01. The first-order valence-electron chi connectivity index (χ1n) is 8.15. The smallest absolute Gasteiger partial charge is 0.270 e. The predicted molar refractivity (Wildman–Crippen MR) is 86.3 cm³/mol. The number of carbonyl (C=O) groups is 1. The summed E-state index contributed by atoms with van der Waals surface area (Å²) in [6.45, 7) is 0.117. The van der Waals surface area contributed by atoms with Gasteiger partial charge < -0.3 is 10.4 Å². The highest BCUT2D eigenvalue weighted by Crippen LogP contribution is 2.23. The van der Waals surface area contributed by atoms with Crippen LogP contribution in [0.4, 0.5) is 0 Å². The van der Waals surface area contributed by atoms with E-state index in [1.807, 2.05) is 18.3 Å². The Morgan fingerprint density at radius 3 is 2.96 bits per heavy atom. The summed E-state index contributed by atoms with van der Waals surface area (Å²) in [4.78, 5) is 16.7. The van der Waals surface area contributed by atoms with Crippen molar-refractivity contribution in [3.8, 4) is 5.69 Å². The summed E-state index contributed by atoms with van der Waals surface area (Å²) in [7, 11) is 0. The normalized spacial score (nSPS) is 21.6. The molecule has 2 atom stereocenters. The standard InChI is InChI=1S/C17H22N4O2/c22-12-13-5-2-1-3-6-15(13)20-17(23)16-11-14(7-9-18-16)21-10-4-8-19-21/h4,7-11,13,15,22H,1-3,5-6,12H2,(H,20,23). The number of aliphatic hydroxyl groups excluding tert-OH is 1. The van der Waals surface area contributed by atoms with Gasteiger partial charge >= 0.3 is 0 Å². The largest absolute Gasteiger partial charge is 0.396 e. The van der Waals surface area contributed by atoms with Gasteiger partial charge in [0.05, 0.1) is 5.69 Å². The fraction of sp³-hybridized carbons (Fsp3) is 0.471. The number of aromatic nitrogens is 3. The fourth-order valence-electron chi connectivity index (χ4n) is 3.14. The van der Waals surface area contributed by atoms with Gasteiger partial charge in [0.25, 0.3) is 5.91 Å². The van der Waals surface area contributed by atoms with Crippen LogP contribution in [0.5, 0.6) is 0 Å². The summed E-state index contributed by atoms with van der Waals surface area (Å²) >= 11 is 0. The Morgan fingerprint density at radius 2 is 2.17 bits per heavy atom. The summed E-state index contributed by atoms with van der Waals surface area (Å²) in [6.07, 6.45) is 10.4. The molecule has 1 aliphatic carbocycles. The molecule has 3 rings (SSSR count). The van der Waals surface area contributed by atoms with Crippen molar-refractivity contribution < 1.29 is 9.90 Å². The lowest BCUT2D eigenvalue weighted by Gasteiger charge is -2.24. The highest BCUT2D eigenvalue weighted by atomic mass is 16.3. The molecule has 2 aromatic rings. The molecule has 0 aliphatic heterocycles. The number of nitrogens with one attached hydrogen (secondary N) is 1. The molecule has 23 heavy (non-hydrogen) atoms. The minimum atomic E-state index is -0.190. The second-order valence-corrected chi connectivity index (χ2v) is 6.01. The molecule has 2 aromatic heterocycles. The van der Waals surface area contributed by atoms with Crippen LogP contribution < -0.4 is 5.32 Å². The molecular weight excluding hydrogens is 292 g/mol. The maximum atomic E-state index is 12.5. The van der Waals surface area contributed by atoms with E-state index in [-0.39, 0.29) is 24.5 Å². The molecule has 0 bridgehead atoms. The van der Waals surface area contributed by atoms with Crippen LogP contribution in [0.2, 0.25) is 0 Å². The molecule has 0 spiro atoms. The topological polar surface area (TPSA) is 80.0 Å². The van der Waals surface area contributed by atoms with E-state index in [2.05, 4.69) is 15.4 Å². The number of carbonyl (C=O) groups excluding carboxylic acids is 1. The summed E-state index contributed by atoms with van der Waals surface area (Å²) in [5, 5.41) is 16.8. The summed E-state index contributed by atoms with van der Waals surface area (Å²) in [5.74, 6) is -0.0555. The average Bonchev–Trinajstić information content (AvgIpc) is 3.03. The van der Waals surface area contributed by atoms with Crippen LogP contribution in [-0.2, 0) is 0 Å². The van der Waals surface area contributed by atoms with Gasteiger partial charge in [0.2, 0.25) is 0 Å². The Morgan fingerprint density at radius 1 is 1.30 bits per heavy atom. The van der Waals surface area contributed by atoms with Gasteiger partial charge in [0.15, 0.2) is 0 Å². The van der Waals surface area contributed by atoms with Crippen LogP contribution >= 0.6 is 0 Å². The molecule has 1 saturated carbocycles. The number of pyridine rings is 1. The van der Waals surface area contributed by atoms with Crippen molar-refractivity contribution in [1.82, 2.24) is 20.1 Å². The van der Waals surface area contributed by atoms with E-state index >= 15 is 0 Å². The fourth-order valence-corrected chi connectivity index (χ4v) is 3.14. The monoisotopic (exact) mass is 314 g/mol. The van der Waals surface area contributed by atoms with Gasteiger partial charge in [-0.2, -0.15) is 5.10 Å². The molecule has 0 radical (unpaired) electrons. The Balaban J connectivity index is 1.73. The number of hydrogen-bond acceptors (Lipinski definition) is 4. The van der Waals surface area contributed by atoms with E-state index in [0.29, 0.717) is 5.69 Å². The molecular formula is C17H22N4O2. The van der Waals surface area contributed by atoms with E-state index in [4.69, 9.17) is 0 Å². The van der Waals surface area contributed by atoms with E-state index < -0.39 is 0 Å². The molecule has 0 aromatic carbocycles. The highest BCUT2D eigenvalue weighted by Gasteiger charge is 2.25. The third-order valence-corrected chi connectivity index (χ3v) is 4.46. The molecule has 2 N–H and O–H groups in total. The first-order chi connectivity index (χ1) is 11.3. The zero-order valence-corrected chi connectivity index (χ0v) is 13.1. The highest BCUT2D eigenvalue weighted by molar-refractivity contribution is 5.92. The van der Waals surface area contributed by atoms with Gasteiger partial charge in [-0.3, -0.25) is 9.78 Å². The Labute approximate surface area is 135 Å². The molecule has 122 valence electrons. The van der Waals surface area contributed by atoms with Crippen molar-refractivity contribution in [2.24, 2.45) is 5.92 Å². The quantitative estimate of drug-likeness (QED) is 0.845. The number of aliphatic hydroxyl groups is 1. The first kappa shape index (κ1) is 15.7. The second kappa shape index (κ2) is 7.37. The van der Waals surface area contributed by atoms with Gasteiger partial charge in [-0.15, -0.1) is 0 Å². The van der Waals surface area contributed by atoms with E-state index in [0.717, 1.165) is 37.8 Å². The Hall–Kier alpha value is -2.21. The van der Waals surface area contributed by atoms with Gasteiger partial charge in [-0.25, -0.2) is 4.68 Å². The summed E-state index contributed by atoms with van der Waals surface area (Å²) in [6, 6.07) is 5.39. The van der Waals surface area contributed by atoms with Gasteiger partial charge in [-0.1, -0.05) is 19.3 Å². The third-order valence-electron chi connectivity index (χ3n) is 4.46. The van der Waals surface area contributed by atoms with Crippen molar-refractivity contribution >= 4 is 5.91 Å². The molecule has 6 heteroatoms. The lowest BCUT2D eigenvalue weighted by Crippen LogP contribution is -2.41. The van der Waals surface area contributed by atoms with Crippen molar-refractivity contribution in [1.29, 1.82) is 0 Å². The third kappa shape index (κ3) is 3.76. The number of hydrogen-bond donors (Lipinski definition) is 2. The Bertz CT molecular complexity index is 642. The van der Waals surface area contributed by atoms with Crippen LogP contribution in [0, 0.1) is 5.92 Å². The van der Waals surface area contributed by atoms with Gasteiger partial charge in [-0.05, 0) is 31.0 Å². The summed E-state index contributed by atoms with van der Waals surface area (Å²) < 4.78 is 1.70. The van der Waals surface area contributed by atoms with Crippen molar-refractivity contribution in [3.63, 3.8) is 0 Å². The lowest BCUT2D eigenvalue weighted by atomic mass is 9.95. The van der Waals surface area contributed by atoms with Gasteiger partial charge in [0.1, 0.15) is 5.69 Å². The maximum Gasteiger partial charge on any atom is 0.270 e. The molecule has 6 nitrogen and oxygen atoms in total. The van der Waals surface area contributed by atoms with Gasteiger partial charge in [0, 0.05) is 37.2 Å². The average molecular weight is 314 g/mol. The SMILES string of the molecule is O=C(NC1CCCCCC1CO)c1cc(-n2cccn2)ccn1. The molecule has 1 aliphatic rings. The zero-order chi connectivity index (χ0) is 16.1. The number of nitrogens with zero attached hydrogens (tertiary/aromatic N) is 3. The van der Waals surface area contributed by atoms with E-state index in [1.165, 1.54) is 0 Å². The lowest BCUT2D eigenvalue weighted by molar-refractivity contribution is 0.0894. The minimum Gasteiger partial charge on any atom is -0.396 e. The van der Waals surface area contributed by atoms with Crippen LogP contribution in [0.3, 0.4) is 0 Å². The molecule has 0 saturated heterocycles. The van der Waals surface area contributed by atoms with E-state index in [1.54, 1.807) is 23.1 Å². The molecule has 2 unspecified atom stereocenters. The molecule has 1 fully saturated rings. The Kier molecular flexibility index (Phi) is 5.02. The molecule has 2 heterocycles. The molecule has 1 amide bonds. The zero-order valence-electron chi connectivity index (χ0n) is 13.1. The van der Waals surface area contributed by atoms with Crippen LogP contribution in [-0.4, -0.2) is 38.4 Å².